The molecule has 1 fully saturated rings. The number of ether oxygens (including phenoxy) is 1. The monoisotopic (exact) mass is 512 g/mol. The molecule has 0 saturated heterocycles. The zero-order valence-corrected chi connectivity index (χ0v) is 20.7. The van der Waals surface area contributed by atoms with Crippen molar-refractivity contribution >= 4 is 23.2 Å². The number of nitrogens with one attached hydrogen (secondary N) is 1. The third-order valence-corrected chi connectivity index (χ3v) is 7.53. The Kier molecular flexibility index (Phi) is 6.32. The first-order valence-electron chi connectivity index (χ1n) is 12.3. The maximum atomic E-state index is 14.2. The highest BCUT2D eigenvalue weighted by molar-refractivity contribution is 6.30. The number of ketones is 2. The molecule has 186 valence electrons. The Morgan fingerprint density at radius 2 is 1.78 bits per heavy atom. The van der Waals surface area contributed by atoms with Crippen LogP contribution in [0.3, 0.4) is 0 Å². The lowest BCUT2D eigenvalue weighted by Gasteiger charge is -2.39. The quantitative estimate of drug-likeness (QED) is 0.375. The Morgan fingerprint density at radius 1 is 0.973 bits per heavy atom. The first-order chi connectivity index (χ1) is 18.1. The summed E-state index contributed by atoms with van der Waals surface area (Å²) in [6, 6.07) is 21.6. The Labute approximate surface area is 219 Å². The maximum absolute atomic E-state index is 14.2. The molecule has 6 rings (SSSR count). The Hall–Kier alpha value is -3.81. The number of hydrogen-bond donors (Lipinski definition) is 1. The summed E-state index contributed by atoms with van der Waals surface area (Å²) in [4.78, 5) is 32.1. The predicted octanol–water partition coefficient (Wildman–Crippen LogP) is 5.09. The van der Waals surface area contributed by atoms with Gasteiger partial charge < -0.3 is 10.1 Å². The van der Waals surface area contributed by atoms with Crippen molar-refractivity contribution in [1.82, 2.24) is 20.1 Å². The molecule has 0 unspecified atom stereocenters. The van der Waals surface area contributed by atoms with Gasteiger partial charge in [0.2, 0.25) is 0 Å². The van der Waals surface area contributed by atoms with Crippen LogP contribution in [0.4, 0.5) is 0 Å². The second-order valence-corrected chi connectivity index (χ2v) is 9.89. The molecule has 4 aromatic rings. The zero-order chi connectivity index (χ0) is 25.4. The minimum Gasteiger partial charge on any atom is -0.457 e. The summed E-state index contributed by atoms with van der Waals surface area (Å²) in [6.07, 6.45) is 4.01. The van der Waals surface area contributed by atoms with Gasteiger partial charge in [-0.2, -0.15) is 5.10 Å². The fourth-order valence-electron chi connectivity index (χ4n) is 5.67. The number of hydrogen-bond acceptors (Lipinski definition) is 6. The van der Waals surface area contributed by atoms with Crippen molar-refractivity contribution in [2.24, 2.45) is 5.92 Å². The van der Waals surface area contributed by atoms with Gasteiger partial charge in [0.25, 0.3) is 0 Å². The molecule has 1 aliphatic heterocycles. The number of Topliss-reactive ketones (excluding diaryl/α,β-unsaturated/α-hetero) is 2. The average molecular weight is 513 g/mol. The van der Waals surface area contributed by atoms with Crippen LogP contribution in [0.25, 0.3) is 0 Å². The first kappa shape index (κ1) is 23.6. The van der Waals surface area contributed by atoms with E-state index in [2.05, 4.69) is 21.5 Å². The van der Waals surface area contributed by atoms with Gasteiger partial charge in [-0.25, -0.2) is 9.67 Å². The van der Waals surface area contributed by atoms with Gasteiger partial charge in [-0.1, -0.05) is 60.1 Å². The largest absolute Gasteiger partial charge is 0.457 e. The highest BCUT2D eigenvalue weighted by Gasteiger charge is 2.49. The van der Waals surface area contributed by atoms with Crippen LogP contribution in [-0.2, 0) is 16.0 Å². The lowest BCUT2D eigenvalue weighted by molar-refractivity contribution is -0.141. The van der Waals surface area contributed by atoms with Crippen molar-refractivity contribution in [3.8, 4) is 11.5 Å². The average Bonchev–Trinajstić information content (AvgIpc) is 3.43. The van der Waals surface area contributed by atoms with Crippen LogP contribution in [0.1, 0.15) is 41.1 Å². The van der Waals surface area contributed by atoms with Gasteiger partial charge in [-0.3, -0.25) is 9.59 Å². The van der Waals surface area contributed by atoms with Gasteiger partial charge in [0.1, 0.15) is 36.0 Å². The van der Waals surface area contributed by atoms with Crippen LogP contribution >= 0.6 is 11.6 Å². The molecule has 2 aliphatic rings. The molecule has 3 aromatic carbocycles. The summed E-state index contributed by atoms with van der Waals surface area (Å²) in [5, 5.41) is 8.34. The molecule has 0 radical (unpaired) electrons. The van der Waals surface area contributed by atoms with E-state index in [0.717, 1.165) is 17.5 Å². The summed E-state index contributed by atoms with van der Waals surface area (Å²) < 4.78 is 7.79. The van der Waals surface area contributed by atoms with Crippen LogP contribution in [0.5, 0.6) is 11.5 Å². The summed E-state index contributed by atoms with van der Waals surface area (Å²) in [5.74, 6) is -0.386. The second-order valence-electron chi connectivity index (χ2n) is 9.46. The van der Waals surface area contributed by atoms with Crippen LogP contribution in [0.2, 0.25) is 5.02 Å². The first-order valence-corrected chi connectivity index (χ1v) is 12.7. The number of nitrogens with zero attached hydrogens (tertiary/aromatic N) is 3. The van der Waals surface area contributed by atoms with E-state index in [4.69, 9.17) is 16.3 Å². The molecular formula is C29H25ClN4O3. The number of benzene rings is 3. The molecule has 7 nitrogen and oxygen atoms in total. The number of aromatic nitrogens is 3. The van der Waals surface area contributed by atoms with Crippen molar-refractivity contribution in [3.63, 3.8) is 0 Å². The molecule has 2 heterocycles. The van der Waals surface area contributed by atoms with Gasteiger partial charge in [0.05, 0.1) is 5.92 Å². The van der Waals surface area contributed by atoms with Gasteiger partial charge in [-0.15, -0.1) is 0 Å². The van der Waals surface area contributed by atoms with Crippen molar-refractivity contribution < 1.29 is 14.3 Å². The fraction of sp³-hybridized carbons (Fsp3) is 0.241. The number of rotatable bonds is 5. The number of para-hydroxylation sites is 1. The normalized spacial score (nSPS) is 23.5. The Morgan fingerprint density at radius 3 is 2.59 bits per heavy atom. The van der Waals surface area contributed by atoms with E-state index in [-0.39, 0.29) is 24.0 Å². The number of carbonyl (C=O) groups is 2. The molecule has 37 heavy (non-hydrogen) atoms. The number of carbonyl (C=O) groups excluding carboxylic acids is 2. The van der Waals surface area contributed by atoms with Crippen molar-refractivity contribution in [2.45, 2.75) is 30.8 Å². The summed E-state index contributed by atoms with van der Waals surface area (Å²) >= 11 is 6.16. The van der Waals surface area contributed by atoms with Crippen LogP contribution < -0.4 is 10.1 Å². The molecule has 1 saturated carbocycles. The van der Waals surface area contributed by atoms with Crippen LogP contribution in [0.15, 0.2) is 85.5 Å². The predicted molar refractivity (Wildman–Crippen MR) is 139 cm³/mol. The van der Waals surface area contributed by atoms with E-state index in [9.17, 15) is 9.59 Å². The fourth-order valence-corrected chi connectivity index (χ4v) is 5.85. The molecule has 0 amide bonds. The van der Waals surface area contributed by atoms with E-state index < -0.39 is 17.9 Å². The third kappa shape index (κ3) is 4.45. The van der Waals surface area contributed by atoms with Crippen LogP contribution in [-0.4, -0.2) is 32.9 Å². The minimum absolute atomic E-state index is 0.0851. The van der Waals surface area contributed by atoms with E-state index >= 15 is 0 Å². The molecule has 4 atom stereocenters. The van der Waals surface area contributed by atoms with Gasteiger partial charge in [-0.05, 0) is 48.4 Å². The summed E-state index contributed by atoms with van der Waals surface area (Å²) in [5.41, 5.74) is 2.95. The van der Waals surface area contributed by atoms with Crippen molar-refractivity contribution in [2.75, 3.05) is 6.54 Å². The number of fused-ring (bicyclic) bond motifs is 1. The molecule has 8 heteroatoms. The van der Waals surface area contributed by atoms with Crippen LogP contribution in [0, 0.1) is 5.92 Å². The Balaban J connectivity index is 1.40. The van der Waals surface area contributed by atoms with E-state index in [0.29, 0.717) is 23.1 Å². The van der Waals surface area contributed by atoms with Crippen molar-refractivity contribution in [1.29, 1.82) is 0 Å². The standard InChI is InChI=1S/C29H25ClN4O3/c30-19-7-5-8-20(14-19)37-25-11-4-3-10-22(25)23-15-24(35)26(29(36)28(23)34-17-31-16-33-34)27-21-9-2-1-6-18(21)12-13-32-27/h1-11,14,16-17,23,26-28,32H,12-13,15H2/t23-,26+,27+,28+/m1/s1. The van der Waals surface area contributed by atoms with Gasteiger partial charge >= 0.3 is 0 Å². The summed E-state index contributed by atoms with van der Waals surface area (Å²) in [7, 11) is 0. The molecule has 1 N–H and O–H groups in total. The van der Waals surface area contributed by atoms with E-state index in [1.54, 1.807) is 23.1 Å². The number of halogens is 1. The molecule has 1 aliphatic carbocycles. The molecular weight excluding hydrogens is 488 g/mol. The highest BCUT2D eigenvalue weighted by atomic mass is 35.5. The summed E-state index contributed by atoms with van der Waals surface area (Å²) in [6.45, 7) is 0.715. The Bertz CT molecular complexity index is 1460. The SMILES string of the molecule is O=C1C[C@H](c2ccccc2Oc2cccc(Cl)c2)[C@H](n2cncn2)C(=O)[C@@H]1[C@H]1NCCc2ccccc21. The maximum Gasteiger partial charge on any atom is 0.170 e. The van der Waals surface area contributed by atoms with Gasteiger partial charge in [0.15, 0.2) is 5.78 Å². The van der Waals surface area contributed by atoms with Crippen molar-refractivity contribution in [3.05, 3.63) is 107 Å². The van der Waals surface area contributed by atoms with E-state index in [1.807, 2.05) is 54.6 Å². The van der Waals surface area contributed by atoms with E-state index in [1.165, 1.54) is 11.9 Å². The lowest BCUT2D eigenvalue weighted by atomic mass is 9.69. The molecule has 0 bridgehead atoms. The molecule has 1 aromatic heterocycles. The smallest absolute Gasteiger partial charge is 0.170 e. The third-order valence-electron chi connectivity index (χ3n) is 7.29. The second kappa shape index (κ2) is 9.92. The highest BCUT2D eigenvalue weighted by Crippen LogP contribution is 2.46. The lowest BCUT2D eigenvalue weighted by Crippen LogP contribution is -2.49. The van der Waals surface area contributed by atoms with Gasteiger partial charge in [0, 0.05) is 29.0 Å². The topological polar surface area (TPSA) is 86.1 Å². The zero-order valence-electron chi connectivity index (χ0n) is 20.0. The minimum atomic E-state index is -0.812. The molecule has 0 spiro atoms.